The third-order valence-corrected chi connectivity index (χ3v) is 16.8. The van der Waals surface area contributed by atoms with Crippen LogP contribution in [0.15, 0.2) is 79.4 Å². The van der Waals surface area contributed by atoms with Crippen molar-refractivity contribution >= 4 is 44.7 Å². The lowest BCUT2D eigenvalue weighted by atomic mass is 9.66. The first-order valence-corrected chi connectivity index (χ1v) is 25.1. The lowest BCUT2D eigenvalue weighted by molar-refractivity contribution is -0.145. The molecular formula is C50H61N5O9S. The van der Waals surface area contributed by atoms with Gasteiger partial charge in [0.2, 0.25) is 27.7 Å². The van der Waals surface area contributed by atoms with Gasteiger partial charge in [0.25, 0.3) is 5.91 Å². The van der Waals surface area contributed by atoms with Crippen molar-refractivity contribution < 1.29 is 41.8 Å². The summed E-state index contributed by atoms with van der Waals surface area (Å²) in [6.07, 6.45) is 13.8. The van der Waals surface area contributed by atoms with Crippen LogP contribution in [0, 0.1) is 17.8 Å². The molecule has 2 bridgehead atoms. The zero-order valence-electron chi connectivity index (χ0n) is 37.2. The summed E-state index contributed by atoms with van der Waals surface area (Å²) in [6, 6.07) is 15.5. The monoisotopic (exact) mass is 907 g/mol. The molecule has 2 aromatic carbocycles. The number of fused-ring (bicyclic) bond motifs is 5. The van der Waals surface area contributed by atoms with E-state index in [0.29, 0.717) is 68.7 Å². The number of sulfonamides is 1. The summed E-state index contributed by atoms with van der Waals surface area (Å²) in [6.45, 7) is 6.17. The maximum Gasteiger partial charge on any atom is 0.408 e. The summed E-state index contributed by atoms with van der Waals surface area (Å²) in [7, 11) is -3.94. The van der Waals surface area contributed by atoms with E-state index in [2.05, 4.69) is 34.1 Å². The third kappa shape index (κ3) is 9.22. The Labute approximate surface area is 381 Å². The number of hydrogen-bond acceptors (Lipinski definition) is 10. The average molecular weight is 908 g/mol. The van der Waals surface area contributed by atoms with Crippen LogP contribution < -0.4 is 24.8 Å². The van der Waals surface area contributed by atoms with Gasteiger partial charge in [0, 0.05) is 17.7 Å². The number of carbonyl (C=O) groups excluding carboxylic acids is 4. The van der Waals surface area contributed by atoms with Gasteiger partial charge in [0.1, 0.15) is 41.7 Å². The standard InChI is InChI=1S/C50H61N5O9S/c1-3-34-26-28-50(34,47(58)54-65(60,61)37-24-25-37)53-44(56)41-29-36-30-55(41)46(57)42(33-17-10-11-18-33)52-48(59)64-49(2)27-14-20-35(49)19-8-5-9-22-39-43(62-31-32-15-6-4-7-16-32)38-21-12-13-23-40(38)51-45(39)63-36/h3-7,9,12-13,15-16,21,23,33-37,41-42H,1,8,10-11,14,17-20,22,24-31H2,2H3,(H,52,59)(H,53,56)(H,54,58). The van der Waals surface area contributed by atoms with Crippen LogP contribution in [0.25, 0.3) is 10.9 Å². The van der Waals surface area contributed by atoms with E-state index in [9.17, 15) is 22.8 Å². The van der Waals surface area contributed by atoms with E-state index in [1.165, 1.54) is 4.90 Å². The molecule has 3 aromatic rings. The fourth-order valence-electron chi connectivity index (χ4n) is 10.9. The number of carbonyl (C=O) groups is 4. The van der Waals surface area contributed by atoms with Gasteiger partial charge in [-0.05, 0) is 114 Å². The molecule has 2 aliphatic heterocycles. The minimum Gasteiger partial charge on any atom is -0.488 e. The fraction of sp³-hybridized carbons (Fsp3) is 0.540. The van der Waals surface area contributed by atoms with E-state index < -0.39 is 74.3 Å². The van der Waals surface area contributed by atoms with Crippen LogP contribution in [-0.2, 0) is 42.2 Å². The molecule has 5 fully saturated rings. The van der Waals surface area contributed by atoms with E-state index >= 15 is 4.79 Å². The maximum absolute atomic E-state index is 15.2. The van der Waals surface area contributed by atoms with Crippen LogP contribution in [0.3, 0.4) is 0 Å². The van der Waals surface area contributed by atoms with E-state index in [-0.39, 0.29) is 31.2 Å². The van der Waals surface area contributed by atoms with E-state index in [1.807, 2.05) is 61.5 Å². The molecule has 65 heavy (non-hydrogen) atoms. The number of aromatic nitrogens is 1. The second-order valence-electron chi connectivity index (χ2n) is 19.2. The predicted molar refractivity (Wildman–Crippen MR) is 244 cm³/mol. The van der Waals surface area contributed by atoms with Crippen LogP contribution in [0.4, 0.5) is 4.79 Å². The molecule has 14 nitrogen and oxygen atoms in total. The van der Waals surface area contributed by atoms with Crippen LogP contribution in [0.2, 0.25) is 0 Å². The first-order chi connectivity index (χ1) is 31.4. The van der Waals surface area contributed by atoms with Crippen molar-refractivity contribution in [2.45, 2.75) is 144 Å². The van der Waals surface area contributed by atoms with Crippen LogP contribution in [0.1, 0.15) is 108 Å². The molecule has 0 radical (unpaired) electrons. The number of nitrogens with zero attached hydrogens (tertiary/aromatic N) is 2. The number of pyridine rings is 1. The number of hydrogen-bond donors (Lipinski definition) is 3. The largest absolute Gasteiger partial charge is 0.488 e. The highest BCUT2D eigenvalue weighted by Crippen LogP contribution is 2.44. The first kappa shape index (κ1) is 44.7. The SMILES string of the molecule is C=CC1CCC1(NC(=O)C1CC2CN1C(=O)C(C1CCCC1)NC(=O)OC1(C)CCCC1CCC=CCc1c(nc3ccccc3c1OCc1ccccc1)O2)C(=O)NS(=O)(=O)C1CC1. The molecule has 9 rings (SSSR count). The van der Waals surface area contributed by atoms with Gasteiger partial charge in [0.05, 0.1) is 22.9 Å². The Morgan fingerprint density at radius 3 is 2.48 bits per heavy atom. The highest BCUT2D eigenvalue weighted by Gasteiger charge is 2.56. The summed E-state index contributed by atoms with van der Waals surface area (Å²) >= 11 is 0. The highest BCUT2D eigenvalue weighted by atomic mass is 32.2. The Morgan fingerprint density at radius 1 is 0.969 bits per heavy atom. The van der Waals surface area contributed by atoms with Gasteiger partial charge < -0.3 is 29.7 Å². The number of ether oxygens (including phenoxy) is 3. The minimum absolute atomic E-state index is 0.0270. The molecule has 1 aromatic heterocycles. The summed E-state index contributed by atoms with van der Waals surface area (Å²) in [5.41, 5.74) is 0.0567. The van der Waals surface area contributed by atoms with Crippen LogP contribution in [0.5, 0.6) is 11.6 Å². The molecule has 4 aliphatic carbocycles. The molecule has 7 atom stereocenters. The van der Waals surface area contributed by atoms with E-state index in [1.54, 1.807) is 6.08 Å². The van der Waals surface area contributed by atoms with Crippen molar-refractivity contribution in [2.75, 3.05) is 6.54 Å². The normalized spacial score (nSPS) is 29.8. The predicted octanol–water partition coefficient (Wildman–Crippen LogP) is 6.96. The highest BCUT2D eigenvalue weighted by molar-refractivity contribution is 7.91. The number of benzene rings is 2. The minimum atomic E-state index is -3.94. The smallest absolute Gasteiger partial charge is 0.408 e. The van der Waals surface area contributed by atoms with Gasteiger partial charge >= 0.3 is 6.09 Å². The topological polar surface area (TPSA) is 182 Å². The quantitative estimate of drug-likeness (QED) is 0.180. The Kier molecular flexibility index (Phi) is 12.7. The second kappa shape index (κ2) is 18.4. The van der Waals surface area contributed by atoms with E-state index in [4.69, 9.17) is 19.2 Å². The number of allylic oxidation sites excluding steroid dienone is 2. The van der Waals surface area contributed by atoms with Gasteiger partial charge in [-0.3, -0.25) is 19.1 Å². The van der Waals surface area contributed by atoms with Gasteiger partial charge in [-0.2, -0.15) is 0 Å². The average Bonchev–Trinajstić information content (AvgIpc) is 3.68. The molecule has 4 saturated carbocycles. The van der Waals surface area contributed by atoms with Crippen LogP contribution >= 0.6 is 0 Å². The fourth-order valence-corrected chi connectivity index (χ4v) is 12.3. The molecule has 15 heteroatoms. The lowest BCUT2D eigenvalue weighted by Crippen LogP contribution is -2.70. The van der Waals surface area contributed by atoms with Crippen molar-refractivity contribution in [3.8, 4) is 11.6 Å². The van der Waals surface area contributed by atoms with Gasteiger partial charge in [-0.15, -0.1) is 6.58 Å². The van der Waals surface area contributed by atoms with Crippen molar-refractivity contribution in [2.24, 2.45) is 17.8 Å². The zero-order valence-corrected chi connectivity index (χ0v) is 38.0. The molecule has 346 valence electrons. The number of para-hydroxylation sites is 1. The van der Waals surface area contributed by atoms with Gasteiger partial charge in [0.15, 0.2) is 0 Å². The molecule has 3 N–H and O–H groups in total. The molecule has 1 saturated heterocycles. The van der Waals surface area contributed by atoms with Gasteiger partial charge in [-0.1, -0.05) is 73.5 Å². The summed E-state index contributed by atoms with van der Waals surface area (Å²) in [4.78, 5) is 64.6. The summed E-state index contributed by atoms with van der Waals surface area (Å²) < 4.78 is 48.2. The van der Waals surface area contributed by atoms with Crippen molar-refractivity contribution in [3.05, 3.63) is 90.5 Å². The molecule has 0 spiro atoms. The number of rotatable bonds is 10. The lowest BCUT2D eigenvalue weighted by Gasteiger charge is -2.47. The maximum atomic E-state index is 15.2. The second-order valence-corrected chi connectivity index (χ2v) is 21.2. The van der Waals surface area contributed by atoms with Crippen molar-refractivity contribution in [1.29, 1.82) is 0 Å². The van der Waals surface area contributed by atoms with Crippen molar-refractivity contribution in [1.82, 2.24) is 25.2 Å². The number of amides is 4. The molecule has 4 amide bonds. The Balaban J connectivity index is 1.10. The van der Waals surface area contributed by atoms with Gasteiger partial charge in [-0.25, -0.2) is 18.2 Å². The van der Waals surface area contributed by atoms with Crippen molar-refractivity contribution in [3.63, 3.8) is 0 Å². The molecule has 6 aliphatic rings. The molecule has 3 heterocycles. The van der Waals surface area contributed by atoms with Crippen LogP contribution in [-0.4, -0.2) is 83.2 Å². The first-order valence-electron chi connectivity index (χ1n) is 23.6. The third-order valence-electron chi connectivity index (χ3n) is 15.0. The molecular weight excluding hydrogens is 847 g/mol. The zero-order chi connectivity index (χ0) is 45.3. The Bertz CT molecular complexity index is 2450. The number of nitrogens with one attached hydrogen (secondary N) is 3. The summed E-state index contributed by atoms with van der Waals surface area (Å²) in [5, 5.41) is 6.12. The number of alkyl carbamates (subject to hydrolysis) is 1. The Hall–Kier alpha value is -5.44. The molecule has 7 unspecified atom stereocenters. The Morgan fingerprint density at radius 2 is 1.74 bits per heavy atom. The summed E-state index contributed by atoms with van der Waals surface area (Å²) in [5.74, 6) is -1.56. The van der Waals surface area contributed by atoms with E-state index in [0.717, 1.165) is 55.0 Å².